The van der Waals surface area contributed by atoms with Crippen LogP contribution in [0.3, 0.4) is 0 Å². The van der Waals surface area contributed by atoms with Gasteiger partial charge in [0, 0.05) is 18.9 Å². The molecule has 0 unspecified atom stereocenters. The van der Waals surface area contributed by atoms with Crippen LogP contribution in [0.5, 0.6) is 0 Å². The van der Waals surface area contributed by atoms with Crippen LogP contribution in [0.4, 0.5) is 4.39 Å². The van der Waals surface area contributed by atoms with E-state index in [1.807, 2.05) is 20.8 Å². The quantitative estimate of drug-likeness (QED) is 0.921. The first-order valence-electron chi connectivity index (χ1n) is 6.57. The molecule has 2 rings (SSSR count). The zero-order valence-electron chi connectivity index (χ0n) is 11.5. The molecule has 0 saturated carbocycles. The molecule has 1 atom stereocenters. The summed E-state index contributed by atoms with van der Waals surface area (Å²) in [5.41, 5.74) is 7.47. The van der Waals surface area contributed by atoms with E-state index in [0.29, 0.717) is 0 Å². The van der Waals surface area contributed by atoms with Crippen LogP contribution in [0.15, 0.2) is 18.2 Å². The van der Waals surface area contributed by atoms with Gasteiger partial charge in [-0.1, -0.05) is 13.8 Å². The molecule has 1 heterocycles. The van der Waals surface area contributed by atoms with Crippen molar-refractivity contribution in [1.82, 2.24) is 14.8 Å². The molecule has 0 radical (unpaired) electrons. The van der Waals surface area contributed by atoms with Gasteiger partial charge in [0.2, 0.25) is 0 Å². The highest BCUT2D eigenvalue weighted by Gasteiger charge is 2.15. The van der Waals surface area contributed by atoms with Crippen LogP contribution in [0, 0.1) is 5.82 Å². The molecule has 1 aromatic carbocycles. The summed E-state index contributed by atoms with van der Waals surface area (Å²) in [4.78, 5) is 4.46. The fourth-order valence-electron chi connectivity index (χ4n) is 2.05. The molecule has 2 N–H and O–H groups in total. The van der Waals surface area contributed by atoms with Crippen LogP contribution in [-0.2, 0) is 12.8 Å². The molecule has 102 valence electrons. The van der Waals surface area contributed by atoms with E-state index in [-0.39, 0.29) is 11.9 Å². The Kier molecular flexibility index (Phi) is 3.95. The maximum atomic E-state index is 13.4. The van der Waals surface area contributed by atoms with E-state index in [9.17, 15) is 4.39 Å². The molecule has 0 bridgehead atoms. The van der Waals surface area contributed by atoms with E-state index in [1.165, 1.54) is 12.1 Å². The Hall–Kier alpha value is -1.75. The van der Waals surface area contributed by atoms with Crippen molar-refractivity contribution >= 4 is 0 Å². The van der Waals surface area contributed by atoms with Gasteiger partial charge < -0.3 is 5.73 Å². The monoisotopic (exact) mass is 262 g/mol. The fraction of sp³-hybridized carbons (Fsp3) is 0.429. The Balaban J connectivity index is 2.60. The molecule has 19 heavy (non-hydrogen) atoms. The summed E-state index contributed by atoms with van der Waals surface area (Å²) >= 11 is 0. The Bertz CT molecular complexity index is 575. The van der Waals surface area contributed by atoms with Gasteiger partial charge in [-0.05, 0) is 30.7 Å². The highest BCUT2D eigenvalue weighted by Crippen LogP contribution is 2.22. The molecule has 2 aromatic rings. The van der Waals surface area contributed by atoms with Gasteiger partial charge >= 0.3 is 0 Å². The van der Waals surface area contributed by atoms with Crippen molar-refractivity contribution < 1.29 is 4.39 Å². The van der Waals surface area contributed by atoms with Crippen LogP contribution in [-0.4, -0.2) is 14.8 Å². The normalized spacial score (nSPS) is 12.7. The highest BCUT2D eigenvalue weighted by molar-refractivity contribution is 5.43. The topological polar surface area (TPSA) is 56.7 Å². The van der Waals surface area contributed by atoms with Gasteiger partial charge in [-0.15, -0.1) is 0 Å². The summed E-state index contributed by atoms with van der Waals surface area (Å²) in [6.07, 6.45) is 1.54. The Morgan fingerprint density at radius 1 is 1.32 bits per heavy atom. The molecule has 0 aliphatic rings. The SMILES string of the molecule is CCc1nc(CC)n(-c2ccc(F)cc2[C@@H](C)N)n1. The average molecular weight is 262 g/mol. The predicted octanol–water partition coefficient (Wildman–Crippen LogP) is 2.55. The van der Waals surface area contributed by atoms with Gasteiger partial charge in [-0.25, -0.2) is 14.1 Å². The van der Waals surface area contributed by atoms with Crippen LogP contribution in [0.25, 0.3) is 5.69 Å². The van der Waals surface area contributed by atoms with E-state index in [2.05, 4.69) is 10.1 Å². The average Bonchev–Trinajstić information content (AvgIpc) is 2.81. The van der Waals surface area contributed by atoms with Crippen molar-refractivity contribution in [3.8, 4) is 5.69 Å². The lowest BCUT2D eigenvalue weighted by molar-refractivity contribution is 0.619. The number of aryl methyl sites for hydroxylation is 2. The summed E-state index contributed by atoms with van der Waals surface area (Å²) in [6, 6.07) is 4.34. The second kappa shape index (κ2) is 5.48. The number of rotatable bonds is 4. The van der Waals surface area contributed by atoms with Crippen molar-refractivity contribution in [1.29, 1.82) is 0 Å². The summed E-state index contributed by atoms with van der Waals surface area (Å²) in [7, 11) is 0. The summed E-state index contributed by atoms with van der Waals surface area (Å²) in [5.74, 6) is 1.37. The fourth-order valence-corrected chi connectivity index (χ4v) is 2.05. The minimum atomic E-state index is -0.287. The second-order valence-corrected chi connectivity index (χ2v) is 4.55. The standard InChI is InChI=1S/C14H19FN4/c1-4-13-17-14(5-2)19(18-13)12-7-6-10(15)8-11(12)9(3)16/h6-9H,4-5,16H2,1-3H3/t9-/m1/s1. The number of hydrogen-bond donors (Lipinski definition) is 1. The lowest BCUT2D eigenvalue weighted by Crippen LogP contribution is -2.12. The first kappa shape index (κ1) is 13.7. The minimum absolute atomic E-state index is 0.260. The maximum absolute atomic E-state index is 13.4. The van der Waals surface area contributed by atoms with E-state index < -0.39 is 0 Å². The predicted molar refractivity (Wildman–Crippen MR) is 72.7 cm³/mol. The number of aromatic nitrogens is 3. The van der Waals surface area contributed by atoms with Gasteiger partial charge in [0.15, 0.2) is 5.82 Å². The highest BCUT2D eigenvalue weighted by atomic mass is 19.1. The lowest BCUT2D eigenvalue weighted by Gasteiger charge is -2.14. The lowest BCUT2D eigenvalue weighted by atomic mass is 10.1. The van der Waals surface area contributed by atoms with Crippen LogP contribution in [0.2, 0.25) is 0 Å². The first-order valence-corrected chi connectivity index (χ1v) is 6.57. The van der Waals surface area contributed by atoms with Gasteiger partial charge in [0.05, 0.1) is 5.69 Å². The molecule has 0 aliphatic carbocycles. The van der Waals surface area contributed by atoms with Crippen molar-refractivity contribution in [2.24, 2.45) is 5.73 Å². The smallest absolute Gasteiger partial charge is 0.151 e. The summed E-state index contributed by atoms with van der Waals surface area (Å²) in [5, 5.41) is 4.47. The molecule has 1 aromatic heterocycles. The molecule has 0 spiro atoms. The van der Waals surface area contributed by atoms with Gasteiger partial charge in [-0.2, -0.15) is 5.10 Å². The van der Waals surface area contributed by atoms with Gasteiger partial charge in [0.25, 0.3) is 0 Å². The molecule has 0 fully saturated rings. The number of hydrogen-bond acceptors (Lipinski definition) is 3. The number of nitrogens with two attached hydrogens (primary N) is 1. The van der Waals surface area contributed by atoms with Crippen molar-refractivity contribution in [2.75, 3.05) is 0 Å². The minimum Gasteiger partial charge on any atom is -0.324 e. The zero-order chi connectivity index (χ0) is 14.0. The van der Waals surface area contributed by atoms with Crippen LogP contribution < -0.4 is 5.73 Å². The van der Waals surface area contributed by atoms with Crippen molar-refractivity contribution in [2.45, 2.75) is 39.7 Å². The molecular formula is C14H19FN4. The van der Waals surface area contributed by atoms with Crippen LogP contribution in [0.1, 0.15) is 44.0 Å². The zero-order valence-corrected chi connectivity index (χ0v) is 11.5. The first-order chi connectivity index (χ1) is 9.06. The van der Waals surface area contributed by atoms with E-state index in [0.717, 1.165) is 35.7 Å². The summed E-state index contributed by atoms with van der Waals surface area (Å²) in [6.45, 7) is 5.87. The molecule has 0 saturated heterocycles. The largest absolute Gasteiger partial charge is 0.324 e. The Morgan fingerprint density at radius 3 is 2.63 bits per heavy atom. The number of benzene rings is 1. The second-order valence-electron chi connectivity index (χ2n) is 4.55. The number of halogens is 1. The molecule has 0 aliphatic heterocycles. The van der Waals surface area contributed by atoms with E-state index in [4.69, 9.17) is 5.73 Å². The van der Waals surface area contributed by atoms with Crippen LogP contribution >= 0.6 is 0 Å². The molecule has 0 amide bonds. The van der Waals surface area contributed by atoms with Crippen molar-refractivity contribution in [3.63, 3.8) is 0 Å². The third-order valence-electron chi connectivity index (χ3n) is 3.06. The number of nitrogens with zero attached hydrogens (tertiary/aromatic N) is 3. The van der Waals surface area contributed by atoms with Gasteiger partial charge in [-0.3, -0.25) is 0 Å². The van der Waals surface area contributed by atoms with E-state index in [1.54, 1.807) is 10.7 Å². The van der Waals surface area contributed by atoms with E-state index >= 15 is 0 Å². The Labute approximate surface area is 112 Å². The third-order valence-corrected chi connectivity index (χ3v) is 3.06. The molecular weight excluding hydrogens is 243 g/mol. The van der Waals surface area contributed by atoms with Crippen molar-refractivity contribution in [3.05, 3.63) is 41.2 Å². The maximum Gasteiger partial charge on any atom is 0.151 e. The third kappa shape index (κ3) is 2.66. The summed E-state index contributed by atoms with van der Waals surface area (Å²) < 4.78 is 15.2. The van der Waals surface area contributed by atoms with Gasteiger partial charge in [0.1, 0.15) is 11.6 Å². The Morgan fingerprint density at radius 2 is 2.05 bits per heavy atom. The molecule has 5 heteroatoms. The molecule has 4 nitrogen and oxygen atoms in total.